The van der Waals surface area contributed by atoms with Crippen LogP contribution in [0.15, 0.2) is 11.7 Å². The fourth-order valence-electron chi connectivity index (χ4n) is 1.18. The number of hydrogen-bond donors (Lipinski definition) is 2. The van der Waals surface area contributed by atoms with Crippen LogP contribution in [-0.2, 0) is 6.54 Å². The van der Waals surface area contributed by atoms with E-state index in [-0.39, 0.29) is 0 Å². The lowest BCUT2D eigenvalue weighted by Gasteiger charge is -2.03. The van der Waals surface area contributed by atoms with Gasteiger partial charge in [-0.3, -0.25) is 4.98 Å². The lowest BCUT2D eigenvalue weighted by Crippen LogP contribution is -2.21. The van der Waals surface area contributed by atoms with Crippen molar-refractivity contribution in [3.8, 4) is 0 Å². The van der Waals surface area contributed by atoms with Gasteiger partial charge in [-0.15, -0.1) is 11.3 Å². The second kappa shape index (κ2) is 7.91. The Labute approximate surface area is 89.9 Å². The summed E-state index contributed by atoms with van der Waals surface area (Å²) in [5.74, 6) is 0. The molecule has 0 radical (unpaired) electrons. The summed E-state index contributed by atoms with van der Waals surface area (Å²) in [5, 5.41) is 6.77. The van der Waals surface area contributed by atoms with Gasteiger partial charge in [0.1, 0.15) is 0 Å². The summed E-state index contributed by atoms with van der Waals surface area (Å²) in [6.07, 6.45) is 4.33. The highest BCUT2D eigenvalue weighted by atomic mass is 32.1. The van der Waals surface area contributed by atoms with E-state index in [9.17, 15) is 0 Å². The van der Waals surface area contributed by atoms with E-state index in [4.69, 9.17) is 0 Å². The summed E-state index contributed by atoms with van der Waals surface area (Å²) in [6.45, 7) is 6.47. The smallest absolute Gasteiger partial charge is 0.0794 e. The second-order valence-electron chi connectivity index (χ2n) is 3.25. The van der Waals surface area contributed by atoms with Crippen LogP contribution in [0.4, 0.5) is 0 Å². The van der Waals surface area contributed by atoms with Crippen LogP contribution in [0.25, 0.3) is 0 Å². The molecule has 0 saturated carbocycles. The van der Waals surface area contributed by atoms with Crippen LogP contribution in [-0.4, -0.2) is 24.6 Å². The Balaban J connectivity index is 1.85. The molecule has 0 bridgehead atoms. The Bertz CT molecular complexity index is 211. The molecule has 1 aromatic rings. The van der Waals surface area contributed by atoms with E-state index in [1.54, 1.807) is 11.3 Å². The first-order valence-electron chi connectivity index (χ1n) is 5.22. The molecule has 1 aromatic heterocycles. The maximum atomic E-state index is 4.03. The molecule has 4 heteroatoms. The summed E-state index contributed by atoms with van der Waals surface area (Å²) < 4.78 is 0. The van der Waals surface area contributed by atoms with Gasteiger partial charge in [-0.1, -0.05) is 6.92 Å². The molecule has 3 nitrogen and oxygen atoms in total. The minimum Gasteiger partial charge on any atom is -0.317 e. The molecule has 0 amide bonds. The fraction of sp³-hybridized carbons (Fsp3) is 0.700. The SMILES string of the molecule is CCCNCCCNCc1cncs1. The number of thiazole rings is 1. The molecule has 0 aliphatic rings. The van der Waals surface area contributed by atoms with Crippen LogP contribution < -0.4 is 10.6 Å². The zero-order chi connectivity index (χ0) is 10.1. The number of nitrogens with one attached hydrogen (secondary N) is 2. The van der Waals surface area contributed by atoms with Crippen LogP contribution in [0.1, 0.15) is 24.6 Å². The van der Waals surface area contributed by atoms with E-state index in [0.29, 0.717) is 0 Å². The molecular weight excluding hydrogens is 194 g/mol. The van der Waals surface area contributed by atoms with Crippen LogP contribution in [0, 0.1) is 0 Å². The molecule has 14 heavy (non-hydrogen) atoms. The average Bonchev–Trinajstić information content (AvgIpc) is 2.69. The van der Waals surface area contributed by atoms with Crippen molar-refractivity contribution in [2.75, 3.05) is 19.6 Å². The van der Waals surface area contributed by atoms with Crippen LogP contribution in [0.2, 0.25) is 0 Å². The van der Waals surface area contributed by atoms with Gasteiger partial charge in [-0.25, -0.2) is 0 Å². The number of rotatable bonds is 8. The first kappa shape index (κ1) is 11.6. The van der Waals surface area contributed by atoms with Crippen molar-refractivity contribution < 1.29 is 0 Å². The predicted molar refractivity (Wildman–Crippen MR) is 61.6 cm³/mol. The largest absolute Gasteiger partial charge is 0.317 e. The summed E-state index contributed by atoms with van der Waals surface area (Å²) in [4.78, 5) is 5.34. The zero-order valence-electron chi connectivity index (χ0n) is 8.75. The molecule has 0 aliphatic carbocycles. The van der Waals surface area contributed by atoms with Crippen LogP contribution in [0.3, 0.4) is 0 Å². The highest BCUT2D eigenvalue weighted by Crippen LogP contribution is 2.03. The molecule has 0 saturated heterocycles. The third-order valence-corrected chi connectivity index (χ3v) is 2.70. The van der Waals surface area contributed by atoms with Crippen molar-refractivity contribution in [1.29, 1.82) is 0 Å². The number of nitrogens with zero attached hydrogens (tertiary/aromatic N) is 1. The molecule has 0 aliphatic heterocycles. The molecule has 1 rings (SSSR count). The highest BCUT2D eigenvalue weighted by molar-refractivity contribution is 7.09. The third kappa shape index (κ3) is 5.32. The second-order valence-corrected chi connectivity index (χ2v) is 4.22. The third-order valence-electron chi connectivity index (χ3n) is 1.92. The molecule has 2 N–H and O–H groups in total. The molecular formula is C10H19N3S. The molecule has 0 atom stereocenters. The maximum absolute atomic E-state index is 4.03. The van der Waals surface area contributed by atoms with E-state index < -0.39 is 0 Å². The summed E-state index contributed by atoms with van der Waals surface area (Å²) in [5.41, 5.74) is 1.87. The summed E-state index contributed by atoms with van der Waals surface area (Å²) in [6, 6.07) is 0. The minimum atomic E-state index is 0.957. The molecule has 80 valence electrons. The van der Waals surface area contributed by atoms with Gasteiger partial charge in [0, 0.05) is 17.6 Å². The monoisotopic (exact) mass is 213 g/mol. The first-order valence-corrected chi connectivity index (χ1v) is 6.10. The molecule has 0 aromatic carbocycles. The predicted octanol–water partition coefficient (Wildman–Crippen LogP) is 1.62. The fourth-order valence-corrected chi connectivity index (χ4v) is 1.75. The summed E-state index contributed by atoms with van der Waals surface area (Å²) >= 11 is 1.71. The van der Waals surface area contributed by atoms with E-state index >= 15 is 0 Å². The normalized spacial score (nSPS) is 10.6. The van der Waals surface area contributed by atoms with Gasteiger partial charge in [-0.2, -0.15) is 0 Å². The van der Waals surface area contributed by atoms with Gasteiger partial charge in [0.25, 0.3) is 0 Å². The Kier molecular flexibility index (Phi) is 6.57. The average molecular weight is 213 g/mol. The van der Waals surface area contributed by atoms with Gasteiger partial charge in [-0.05, 0) is 32.5 Å². The number of hydrogen-bond acceptors (Lipinski definition) is 4. The van der Waals surface area contributed by atoms with Crippen molar-refractivity contribution in [3.63, 3.8) is 0 Å². The van der Waals surface area contributed by atoms with E-state index in [1.165, 1.54) is 17.7 Å². The molecule has 1 heterocycles. The standard InChI is InChI=1S/C10H19N3S/c1-2-4-11-5-3-6-12-7-10-8-13-9-14-10/h8-9,11-12H,2-7H2,1H3. The van der Waals surface area contributed by atoms with Crippen LogP contribution >= 0.6 is 11.3 Å². The Morgan fingerprint density at radius 2 is 2.14 bits per heavy atom. The Morgan fingerprint density at radius 1 is 1.29 bits per heavy atom. The number of aromatic nitrogens is 1. The maximum Gasteiger partial charge on any atom is 0.0794 e. The topological polar surface area (TPSA) is 37.0 Å². The van der Waals surface area contributed by atoms with E-state index in [0.717, 1.165) is 26.2 Å². The van der Waals surface area contributed by atoms with Crippen LogP contribution in [0.5, 0.6) is 0 Å². The van der Waals surface area contributed by atoms with Gasteiger partial charge >= 0.3 is 0 Å². The van der Waals surface area contributed by atoms with Gasteiger partial charge in [0.2, 0.25) is 0 Å². The van der Waals surface area contributed by atoms with Crippen molar-refractivity contribution in [3.05, 3.63) is 16.6 Å². The van der Waals surface area contributed by atoms with Crippen molar-refractivity contribution in [2.45, 2.75) is 26.3 Å². The van der Waals surface area contributed by atoms with Crippen molar-refractivity contribution in [1.82, 2.24) is 15.6 Å². The van der Waals surface area contributed by atoms with Gasteiger partial charge < -0.3 is 10.6 Å². The molecule has 0 spiro atoms. The molecule has 0 unspecified atom stereocenters. The molecule has 0 fully saturated rings. The lowest BCUT2D eigenvalue weighted by atomic mass is 10.4. The zero-order valence-corrected chi connectivity index (χ0v) is 9.57. The van der Waals surface area contributed by atoms with E-state index in [2.05, 4.69) is 22.5 Å². The quantitative estimate of drug-likeness (QED) is 0.644. The van der Waals surface area contributed by atoms with Gasteiger partial charge in [0.15, 0.2) is 0 Å². The Morgan fingerprint density at radius 3 is 2.86 bits per heavy atom. The lowest BCUT2D eigenvalue weighted by molar-refractivity contribution is 0.594. The summed E-state index contributed by atoms with van der Waals surface area (Å²) in [7, 11) is 0. The highest BCUT2D eigenvalue weighted by Gasteiger charge is 1.92. The van der Waals surface area contributed by atoms with E-state index in [1.807, 2.05) is 11.7 Å². The minimum absolute atomic E-state index is 0.957. The van der Waals surface area contributed by atoms with Crippen molar-refractivity contribution >= 4 is 11.3 Å². The first-order chi connectivity index (χ1) is 6.93. The van der Waals surface area contributed by atoms with Crippen molar-refractivity contribution in [2.24, 2.45) is 0 Å². The van der Waals surface area contributed by atoms with Gasteiger partial charge in [0.05, 0.1) is 5.51 Å². The Hall–Kier alpha value is -0.450.